The molecule has 1 aliphatic carbocycles. The average molecular weight is 230 g/mol. The van der Waals surface area contributed by atoms with E-state index in [0.29, 0.717) is 11.6 Å². The van der Waals surface area contributed by atoms with Crippen molar-refractivity contribution in [3.05, 3.63) is 35.3 Å². The Morgan fingerprint density at radius 1 is 1.53 bits per heavy atom. The van der Waals surface area contributed by atoms with Crippen LogP contribution in [0.2, 0.25) is 0 Å². The van der Waals surface area contributed by atoms with Crippen LogP contribution in [0.5, 0.6) is 0 Å². The highest BCUT2D eigenvalue weighted by molar-refractivity contribution is 5.89. The molecule has 0 radical (unpaired) electrons. The van der Waals surface area contributed by atoms with Crippen molar-refractivity contribution in [2.24, 2.45) is 0 Å². The number of hydrogen-bond donors (Lipinski definition) is 1. The van der Waals surface area contributed by atoms with Gasteiger partial charge in [0, 0.05) is 12.1 Å². The molecule has 0 aromatic carbocycles. The highest BCUT2D eigenvalue weighted by Gasteiger charge is 2.29. The van der Waals surface area contributed by atoms with Crippen molar-refractivity contribution in [3.63, 3.8) is 0 Å². The third kappa shape index (κ3) is 1.44. The molecule has 0 saturated heterocycles. The molecule has 0 atom stereocenters. The summed E-state index contributed by atoms with van der Waals surface area (Å²) in [6.07, 6.45) is 5.07. The van der Waals surface area contributed by atoms with Gasteiger partial charge >= 0.3 is 5.97 Å². The minimum absolute atomic E-state index is 0.334. The Kier molecular flexibility index (Phi) is 2.18. The summed E-state index contributed by atoms with van der Waals surface area (Å²) in [7, 11) is 0. The molecule has 2 heterocycles. The summed E-state index contributed by atoms with van der Waals surface area (Å²) in [5.41, 5.74) is 2.89. The van der Waals surface area contributed by atoms with E-state index in [2.05, 4.69) is 4.98 Å². The van der Waals surface area contributed by atoms with Crippen LogP contribution in [0.1, 0.15) is 46.9 Å². The van der Waals surface area contributed by atoms with Crippen LogP contribution in [-0.4, -0.2) is 20.5 Å². The van der Waals surface area contributed by atoms with E-state index in [1.807, 2.05) is 19.1 Å². The molecule has 1 aliphatic rings. The fourth-order valence-electron chi connectivity index (χ4n) is 2.40. The van der Waals surface area contributed by atoms with Gasteiger partial charge in [0.05, 0.1) is 5.69 Å². The quantitative estimate of drug-likeness (QED) is 0.862. The van der Waals surface area contributed by atoms with Crippen LogP contribution in [0.3, 0.4) is 0 Å². The molecule has 2 aromatic rings. The Morgan fingerprint density at radius 2 is 2.29 bits per heavy atom. The third-order valence-corrected chi connectivity index (χ3v) is 3.57. The Labute approximate surface area is 98.9 Å². The lowest BCUT2D eigenvalue weighted by atomic mass is 9.82. The molecule has 3 rings (SSSR count). The number of nitrogens with zero attached hydrogens (tertiary/aromatic N) is 2. The van der Waals surface area contributed by atoms with Gasteiger partial charge < -0.3 is 5.11 Å². The largest absolute Gasteiger partial charge is 0.477 e. The first-order valence-corrected chi connectivity index (χ1v) is 5.89. The zero-order valence-electron chi connectivity index (χ0n) is 9.68. The molecule has 0 bridgehead atoms. The van der Waals surface area contributed by atoms with Crippen LogP contribution < -0.4 is 0 Å². The van der Waals surface area contributed by atoms with E-state index in [0.717, 1.165) is 29.7 Å². The van der Waals surface area contributed by atoms with Gasteiger partial charge in [-0.1, -0.05) is 12.5 Å². The van der Waals surface area contributed by atoms with Crippen molar-refractivity contribution in [2.45, 2.75) is 32.1 Å². The van der Waals surface area contributed by atoms with Crippen LogP contribution in [0.15, 0.2) is 18.3 Å². The number of fused-ring (bicyclic) bond motifs is 1. The van der Waals surface area contributed by atoms with Crippen LogP contribution in [0, 0.1) is 6.92 Å². The Hall–Kier alpha value is -1.84. The summed E-state index contributed by atoms with van der Waals surface area (Å²) in [6.45, 7) is 1.96. The summed E-state index contributed by atoms with van der Waals surface area (Å²) in [5, 5.41) is 9.35. The fraction of sp³-hybridized carbons (Fsp3) is 0.385. The summed E-state index contributed by atoms with van der Waals surface area (Å²) < 4.78 is 1.70. The monoisotopic (exact) mass is 230 g/mol. The normalized spacial score (nSPS) is 16.1. The first-order valence-electron chi connectivity index (χ1n) is 5.89. The minimum Gasteiger partial charge on any atom is -0.477 e. The number of carboxylic acid groups (broad SMARTS) is 1. The van der Waals surface area contributed by atoms with Gasteiger partial charge in [0.2, 0.25) is 0 Å². The second-order valence-corrected chi connectivity index (χ2v) is 4.66. The van der Waals surface area contributed by atoms with Gasteiger partial charge in [0.1, 0.15) is 5.65 Å². The number of rotatable bonds is 2. The van der Waals surface area contributed by atoms with Gasteiger partial charge in [-0.25, -0.2) is 9.78 Å². The number of carboxylic acids is 1. The van der Waals surface area contributed by atoms with Crippen LogP contribution in [-0.2, 0) is 0 Å². The summed E-state index contributed by atoms with van der Waals surface area (Å²) in [6, 6.07) is 3.82. The van der Waals surface area contributed by atoms with E-state index < -0.39 is 5.97 Å². The van der Waals surface area contributed by atoms with Gasteiger partial charge in [-0.15, -0.1) is 0 Å². The van der Waals surface area contributed by atoms with Crippen LogP contribution >= 0.6 is 0 Å². The second kappa shape index (κ2) is 3.58. The molecule has 88 valence electrons. The van der Waals surface area contributed by atoms with Gasteiger partial charge in [-0.05, 0) is 31.4 Å². The maximum atomic E-state index is 11.4. The molecule has 4 heteroatoms. The molecule has 2 aromatic heterocycles. The number of carbonyl (C=O) groups is 1. The van der Waals surface area contributed by atoms with Crippen molar-refractivity contribution >= 4 is 11.6 Å². The lowest BCUT2D eigenvalue weighted by molar-refractivity contribution is 0.0686. The number of aromatic nitrogens is 2. The highest BCUT2D eigenvalue weighted by Crippen LogP contribution is 2.38. The minimum atomic E-state index is -0.884. The lowest BCUT2D eigenvalue weighted by Gasteiger charge is -2.23. The summed E-state index contributed by atoms with van der Waals surface area (Å²) >= 11 is 0. The molecule has 1 saturated carbocycles. The first-order chi connectivity index (χ1) is 8.18. The van der Waals surface area contributed by atoms with Crippen molar-refractivity contribution in [3.8, 4) is 0 Å². The Balaban J connectivity index is 2.30. The zero-order chi connectivity index (χ0) is 12.0. The van der Waals surface area contributed by atoms with Crippen molar-refractivity contribution in [2.75, 3.05) is 0 Å². The van der Waals surface area contributed by atoms with Crippen molar-refractivity contribution in [1.82, 2.24) is 9.38 Å². The van der Waals surface area contributed by atoms with Crippen molar-refractivity contribution in [1.29, 1.82) is 0 Å². The molecule has 0 aliphatic heterocycles. The number of aromatic carboxylic acids is 1. The Bertz CT molecular complexity index is 597. The number of aryl methyl sites for hydroxylation is 1. The topological polar surface area (TPSA) is 54.6 Å². The highest BCUT2D eigenvalue weighted by atomic mass is 16.4. The van der Waals surface area contributed by atoms with Crippen LogP contribution in [0.25, 0.3) is 5.65 Å². The molecule has 0 spiro atoms. The number of pyridine rings is 1. The third-order valence-electron chi connectivity index (χ3n) is 3.57. The Morgan fingerprint density at radius 3 is 2.88 bits per heavy atom. The predicted molar refractivity (Wildman–Crippen MR) is 63.5 cm³/mol. The number of imidazole rings is 1. The lowest BCUT2D eigenvalue weighted by Crippen LogP contribution is -2.14. The van der Waals surface area contributed by atoms with Gasteiger partial charge in [-0.3, -0.25) is 4.40 Å². The predicted octanol–water partition coefficient (Wildman–Crippen LogP) is 2.61. The molecular formula is C13H14N2O2. The number of hydrogen-bond acceptors (Lipinski definition) is 2. The van der Waals surface area contributed by atoms with Crippen molar-refractivity contribution < 1.29 is 9.90 Å². The van der Waals surface area contributed by atoms with Crippen LogP contribution in [0.4, 0.5) is 0 Å². The van der Waals surface area contributed by atoms with Gasteiger partial charge in [0.15, 0.2) is 5.69 Å². The maximum Gasteiger partial charge on any atom is 0.354 e. The first kappa shape index (κ1) is 10.3. The van der Waals surface area contributed by atoms with E-state index in [9.17, 15) is 9.90 Å². The molecular weight excluding hydrogens is 216 g/mol. The standard InChI is InChI=1S/C13H14N2O2/c1-8-4-3-7-15-11(13(16)17)10(14-12(8)15)9-5-2-6-9/h3-4,7,9H,2,5-6H2,1H3,(H,16,17). The molecule has 1 N–H and O–H groups in total. The average Bonchev–Trinajstić information content (AvgIpc) is 2.55. The van der Waals surface area contributed by atoms with Gasteiger partial charge in [-0.2, -0.15) is 0 Å². The molecule has 4 nitrogen and oxygen atoms in total. The van der Waals surface area contributed by atoms with E-state index in [4.69, 9.17) is 0 Å². The maximum absolute atomic E-state index is 11.4. The SMILES string of the molecule is Cc1cccn2c(C(=O)O)c(C3CCC3)nc12. The fourth-order valence-corrected chi connectivity index (χ4v) is 2.40. The van der Waals surface area contributed by atoms with Gasteiger partial charge in [0.25, 0.3) is 0 Å². The summed E-state index contributed by atoms with van der Waals surface area (Å²) in [4.78, 5) is 15.9. The summed E-state index contributed by atoms with van der Waals surface area (Å²) in [5.74, 6) is -0.551. The second-order valence-electron chi connectivity index (χ2n) is 4.66. The molecule has 1 fully saturated rings. The van der Waals surface area contributed by atoms with E-state index in [-0.39, 0.29) is 0 Å². The molecule has 0 unspecified atom stereocenters. The molecule has 0 amide bonds. The van der Waals surface area contributed by atoms with E-state index >= 15 is 0 Å². The smallest absolute Gasteiger partial charge is 0.354 e. The van der Waals surface area contributed by atoms with E-state index in [1.165, 1.54) is 6.42 Å². The molecule has 17 heavy (non-hydrogen) atoms. The van der Waals surface area contributed by atoms with E-state index in [1.54, 1.807) is 10.6 Å². The zero-order valence-corrected chi connectivity index (χ0v) is 9.68.